The van der Waals surface area contributed by atoms with E-state index >= 15 is 0 Å². The van der Waals surface area contributed by atoms with Gasteiger partial charge in [0.15, 0.2) is 0 Å². The summed E-state index contributed by atoms with van der Waals surface area (Å²) in [6.07, 6.45) is 3.95. The molecule has 1 atom stereocenters. The zero-order chi connectivity index (χ0) is 8.85. The van der Waals surface area contributed by atoms with E-state index < -0.39 is 12.0 Å². The van der Waals surface area contributed by atoms with Gasteiger partial charge < -0.3 is 10.4 Å². The van der Waals surface area contributed by atoms with Gasteiger partial charge in [0.25, 0.3) is 0 Å². The van der Waals surface area contributed by atoms with Gasteiger partial charge in [-0.15, -0.1) is 6.42 Å². The summed E-state index contributed by atoms with van der Waals surface area (Å²) >= 11 is 0. The lowest BCUT2D eigenvalue weighted by Crippen LogP contribution is -2.37. The molecule has 0 bridgehead atoms. The summed E-state index contributed by atoms with van der Waals surface area (Å²) in [6.45, 7) is 3.70. The van der Waals surface area contributed by atoms with Gasteiger partial charge in [-0.3, -0.25) is 4.79 Å². The molecule has 0 fully saturated rings. The summed E-state index contributed by atoms with van der Waals surface area (Å²) in [6, 6.07) is 0. The van der Waals surface area contributed by atoms with Gasteiger partial charge in [-0.05, 0) is 5.92 Å². The highest BCUT2D eigenvalue weighted by Gasteiger charge is 2.17. The molecule has 2 N–H and O–H groups in total. The molecule has 62 valence electrons. The van der Waals surface area contributed by atoms with Crippen LogP contribution in [-0.4, -0.2) is 23.7 Å². The number of rotatable bonds is 3. The van der Waals surface area contributed by atoms with Crippen molar-refractivity contribution in [1.29, 1.82) is 0 Å². The molecule has 0 saturated heterocycles. The Labute approximate surface area is 66.8 Å². The number of hydrogen-bond donors (Lipinski definition) is 2. The number of carbonyl (C=O) groups excluding carboxylic acids is 1. The van der Waals surface area contributed by atoms with Crippen LogP contribution in [0.3, 0.4) is 0 Å². The molecule has 0 saturated carbocycles. The second-order valence-corrected chi connectivity index (χ2v) is 2.61. The normalized spacial score (nSPS) is 12.3. The monoisotopic (exact) mass is 155 g/mol. The van der Waals surface area contributed by atoms with Gasteiger partial charge in [0.05, 0.1) is 6.54 Å². The lowest BCUT2D eigenvalue weighted by atomic mass is 10.1. The third-order valence-corrected chi connectivity index (χ3v) is 1.26. The fourth-order valence-corrected chi connectivity index (χ4v) is 0.545. The fourth-order valence-electron chi connectivity index (χ4n) is 0.545. The van der Waals surface area contributed by atoms with Crippen molar-refractivity contribution in [2.24, 2.45) is 5.92 Å². The zero-order valence-electron chi connectivity index (χ0n) is 6.79. The molecule has 0 heterocycles. The molecule has 0 rings (SSSR count). The Balaban J connectivity index is 3.76. The SMILES string of the molecule is C#CCNC(=O)[C@@H](O)C(C)C. The number of nitrogens with one attached hydrogen (secondary N) is 1. The second kappa shape index (κ2) is 4.75. The molecule has 3 nitrogen and oxygen atoms in total. The molecule has 3 heteroatoms. The zero-order valence-corrected chi connectivity index (χ0v) is 6.79. The molecule has 0 aromatic carbocycles. The van der Waals surface area contributed by atoms with Crippen LogP contribution in [0.5, 0.6) is 0 Å². The molecule has 0 aliphatic rings. The lowest BCUT2D eigenvalue weighted by Gasteiger charge is -2.12. The van der Waals surface area contributed by atoms with Crippen molar-refractivity contribution >= 4 is 5.91 Å². The van der Waals surface area contributed by atoms with Crippen LogP contribution in [0.1, 0.15) is 13.8 Å². The van der Waals surface area contributed by atoms with Crippen LogP contribution in [0, 0.1) is 18.3 Å². The highest BCUT2D eigenvalue weighted by Crippen LogP contribution is 1.99. The van der Waals surface area contributed by atoms with E-state index in [1.165, 1.54) is 0 Å². The Kier molecular flexibility index (Phi) is 4.32. The van der Waals surface area contributed by atoms with E-state index in [1.54, 1.807) is 13.8 Å². The molecule has 0 radical (unpaired) electrons. The average molecular weight is 155 g/mol. The first-order valence-electron chi connectivity index (χ1n) is 3.48. The maximum Gasteiger partial charge on any atom is 0.249 e. The minimum absolute atomic E-state index is 0.0761. The van der Waals surface area contributed by atoms with Crippen LogP contribution in [0.4, 0.5) is 0 Å². The quantitative estimate of drug-likeness (QED) is 0.552. The number of carbonyl (C=O) groups is 1. The first-order chi connectivity index (χ1) is 5.09. The number of hydrogen-bond acceptors (Lipinski definition) is 2. The lowest BCUT2D eigenvalue weighted by molar-refractivity contribution is -0.131. The molecular formula is C8H13NO2. The number of aliphatic hydroxyl groups excluding tert-OH is 1. The molecule has 0 unspecified atom stereocenters. The standard InChI is InChI=1S/C8H13NO2/c1-4-5-9-8(11)7(10)6(2)3/h1,6-7,10H,5H2,2-3H3,(H,9,11)/t7-/m0/s1. The van der Waals surface area contributed by atoms with Gasteiger partial charge in [-0.2, -0.15) is 0 Å². The van der Waals surface area contributed by atoms with E-state index in [-0.39, 0.29) is 12.5 Å². The highest BCUT2D eigenvalue weighted by molar-refractivity contribution is 5.80. The summed E-state index contributed by atoms with van der Waals surface area (Å²) < 4.78 is 0. The second-order valence-electron chi connectivity index (χ2n) is 2.61. The van der Waals surface area contributed by atoms with Crippen molar-refractivity contribution in [2.45, 2.75) is 20.0 Å². The van der Waals surface area contributed by atoms with Crippen LogP contribution in [0.15, 0.2) is 0 Å². The topological polar surface area (TPSA) is 49.3 Å². The fraction of sp³-hybridized carbons (Fsp3) is 0.625. The predicted octanol–water partition coefficient (Wildman–Crippen LogP) is -0.247. The van der Waals surface area contributed by atoms with Gasteiger partial charge in [0.1, 0.15) is 6.10 Å². The third kappa shape index (κ3) is 3.64. The Hall–Kier alpha value is -1.01. The number of aliphatic hydroxyl groups is 1. The highest BCUT2D eigenvalue weighted by atomic mass is 16.3. The third-order valence-electron chi connectivity index (χ3n) is 1.26. The summed E-state index contributed by atoms with van der Waals surface area (Å²) in [7, 11) is 0. The van der Waals surface area contributed by atoms with Crippen LogP contribution >= 0.6 is 0 Å². The van der Waals surface area contributed by atoms with E-state index in [0.29, 0.717) is 0 Å². The van der Waals surface area contributed by atoms with Gasteiger partial charge >= 0.3 is 0 Å². The van der Waals surface area contributed by atoms with Crippen molar-refractivity contribution in [3.63, 3.8) is 0 Å². The minimum Gasteiger partial charge on any atom is -0.383 e. The minimum atomic E-state index is -0.955. The molecule has 0 spiro atoms. The van der Waals surface area contributed by atoms with Crippen molar-refractivity contribution in [1.82, 2.24) is 5.32 Å². The van der Waals surface area contributed by atoms with Crippen LogP contribution in [0.25, 0.3) is 0 Å². The number of terminal acetylenes is 1. The van der Waals surface area contributed by atoms with Gasteiger partial charge in [0.2, 0.25) is 5.91 Å². The van der Waals surface area contributed by atoms with Gasteiger partial charge in [-0.25, -0.2) is 0 Å². The first-order valence-corrected chi connectivity index (χ1v) is 3.48. The molecule has 11 heavy (non-hydrogen) atoms. The first kappa shape index (κ1) is 9.99. The average Bonchev–Trinajstić information content (AvgIpc) is 1.98. The molecule has 0 aliphatic carbocycles. The molecular weight excluding hydrogens is 142 g/mol. The Morgan fingerprint density at radius 3 is 2.64 bits per heavy atom. The van der Waals surface area contributed by atoms with E-state index in [1.807, 2.05) is 0 Å². The maximum absolute atomic E-state index is 10.9. The van der Waals surface area contributed by atoms with Crippen molar-refractivity contribution in [2.75, 3.05) is 6.54 Å². The molecule has 1 amide bonds. The maximum atomic E-state index is 10.9. The molecule has 0 aliphatic heterocycles. The number of amides is 1. The molecule has 0 aromatic heterocycles. The Morgan fingerprint density at radius 1 is 1.73 bits per heavy atom. The van der Waals surface area contributed by atoms with E-state index in [2.05, 4.69) is 11.2 Å². The van der Waals surface area contributed by atoms with Crippen molar-refractivity contribution in [3.05, 3.63) is 0 Å². The predicted molar refractivity (Wildman–Crippen MR) is 42.7 cm³/mol. The van der Waals surface area contributed by atoms with Crippen LogP contribution in [-0.2, 0) is 4.79 Å². The van der Waals surface area contributed by atoms with E-state index in [0.717, 1.165) is 0 Å². The smallest absolute Gasteiger partial charge is 0.249 e. The summed E-state index contributed by atoms with van der Waals surface area (Å²) in [4.78, 5) is 10.9. The van der Waals surface area contributed by atoms with Crippen molar-refractivity contribution in [3.8, 4) is 12.3 Å². The Bertz CT molecular complexity index is 169. The summed E-state index contributed by atoms with van der Waals surface area (Å²) in [5.74, 6) is 1.77. The summed E-state index contributed by atoms with van der Waals surface area (Å²) in [5, 5.41) is 11.5. The van der Waals surface area contributed by atoms with Gasteiger partial charge in [0, 0.05) is 0 Å². The van der Waals surface area contributed by atoms with E-state index in [9.17, 15) is 4.79 Å². The largest absolute Gasteiger partial charge is 0.383 e. The van der Waals surface area contributed by atoms with Crippen LogP contribution in [0.2, 0.25) is 0 Å². The summed E-state index contributed by atoms with van der Waals surface area (Å²) in [5.41, 5.74) is 0. The Morgan fingerprint density at radius 2 is 2.27 bits per heavy atom. The van der Waals surface area contributed by atoms with Crippen LogP contribution < -0.4 is 5.32 Å². The van der Waals surface area contributed by atoms with Crippen molar-refractivity contribution < 1.29 is 9.90 Å². The van der Waals surface area contributed by atoms with E-state index in [4.69, 9.17) is 11.5 Å². The van der Waals surface area contributed by atoms with Gasteiger partial charge in [-0.1, -0.05) is 19.8 Å². The molecule has 0 aromatic rings.